The van der Waals surface area contributed by atoms with Crippen molar-refractivity contribution in [3.05, 3.63) is 0 Å². The summed E-state index contributed by atoms with van der Waals surface area (Å²) in [6, 6.07) is 0. The van der Waals surface area contributed by atoms with Crippen molar-refractivity contribution in [2.45, 2.75) is 83.8 Å². The van der Waals surface area contributed by atoms with Crippen LogP contribution in [0, 0.1) is 5.92 Å². The molecule has 0 radical (unpaired) electrons. The predicted molar refractivity (Wildman–Crippen MR) is 71.9 cm³/mol. The molecule has 2 atom stereocenters. The summed E-state index contributed by atoms with van der Waals surface area (Å²) in [7, 11) is 0. The summed E-state index contributed by atoms with van der Waals surface area (Å²) in [5.74, 6) is 0.416. The normalized spacial score (nSPS) is 24.4. The van der Waals surface area contributed by atoms with Gasteiger partial charge < -0.3 is 9.84 Å². The first-order chi connectivity index (χ1) is 8.34. The molecule has 1 heterocycles. The first kappa shape index (κ1) is 15.0. The van der Waals surface area contributed by atoms with Gasteiger partial charge in [0.2, 0.25) is 0 Å². The molecule has 1 aliphatic heterocycles. The van der Waals surface area contributed by atoms with Crippen LogP contribution in [0.2, 0.25) is 0 Å². The molecule has 1 fully saturated rings. The zero-order chi connectivity index (χ0) is 12.3. The lowest BCUT2D eigenvalue weighted by Gasteiger charge is -2.12. The Bertz CT molecular complexity index is 170. The van der Waals surface area contributed by atoms with E-state index in [0.29, 0.717) is 5.92 Å². The van der Waals surface area contributed by atoms with Gasteiger partial charge in [-0.1, -0.05) is 64.7 Å². The smallest absolute Gasteiger partial charge is 0.157 e. The third-order valence-electron chi connectivity index (χ3n) is 3.86. The Kier molecular flexibility index (Phi) is 8.72. The van der Waals surface area contributed by atoms with E-state index >= 15 is 0 Å². The summed E-state index contributed by atoms with van der Waals surface area (Å²) in [5.41, 5.74) is 0. The van der Waals surface area contributed by atoms with Crippen molar-refractivity contribution in [3.63, 3.8) is 0 Å². The first-order valence-electron chi connectivity index (χ1n) is 7.64. The van der Waals surface area contributed by atoms with Crippen LogP contribution in [0.4, 0.5) is 0 Å². The van der Waals surface area contributed by atoms with E-state index in [4.69, 9.17) is 4.74 Å². The van der Waals surface area contributed by atoms with E-state index in [-0.39, 0.29) is 0 Å². The molecule has 0 bridgehead atoms. The fraction of sp³-hybridized carbons (Fsp3) is 1.00. The van der Waals surface area contributed by atoms with E-state index in [0.717, 1.165) is 19.4 Å². The van der Waals surface area contributed by atoms with Gasteiger partial charge in [-0.3, -0.25) is 0 Å². The molecule has 2 heteroatoms. The minimum atomic E-state index is -0.468. The van der Waals surface area contributed by atoms with Gasteiger partial charge in [-0.2, -0.15) is 0 Å². The number of hydrogen-bond acceptors (Lipinski definition) is 2. The Morgan fingerprint density at radius 2 is 1.53 bits per heavy atom. The molecule has 1 N–H and O–H groups in total. The lowest BCUT2D eigenvalue weighted by Crippen LogP contribution is -2.14. The molecule has 0 spiro atoms. The number of hydrogen-bond donors (Lipinski definition) is 1. The maximum atomic E-state index is 9.49. The highest BCUT2D eigenvalue weighted by molar-refractivity contribution is 4.67. The Morgan fingerprint density at radius 3 is 2.06 bits per heavy atom. The quantitative estimate of drug-likeness (QED) is 0.580. The minimum Gasteiger partial charge on any atom is -0.368 e. The molecule has 102 valence electrons. The third-order valence-corrected chi connectivity index (χ3v) is 3.86. The molecule has 0 amide bonds. The van der Waals surface area contributed by atoms with Crippen molar-refractivity contribution in [3.8, 4) is 0 Å². The second-order valence-corrected chi connectivity index (χ2v) is 5.43. The van der Waals surface area contributed by atoms with Crippen LogP contribution < -0.4 is 0 Å². The van der Waals surface area contributed by atoms with Gasteiger partial charge >= 0.3 is 0 Å². The molecule has 1 saturated heterocycles. The van der Waals surface area contributed by atoms with Crippen LogP contribution in [-0.4, -0.2) is 18.0 Å². The van der Waals surface area contributed by atoms with E-state index < -0.39 is 6.29 Å². The van der Waals surface area contributed by atoms with Crippen LogP contribution in [0.25, 0.3) is 0 Å². The lowest BCUT2D eigenvalue weighted by atomic mass is 9.98. The molecule has 0 aromatic heterocycles. The number of ether oxygens (including phenoxy) is 1. The van der Waals surface area contributed by atoms with Crippen molar-refractivity contribution >= 4 is 0 Å². The number of rotatable bonds is 10. The fourth-order valence-electron chi connectivity index (χ4n) is 2.62. The van der Waals surface area contributed by atoms with E-state index in [1.807, 2.05) is 0 Å². The van der Waals surface area contributed by atoms with Crippen molar-refractivity contribution < 1.29 is 9.84 Å². The van der Waals surface area contributed by atoms with Gasteiger partial charge in [0.15, 0.2) is 6.29 Å². The molecule has 2 nitrogen and oxygen atoms in total. The summed E-state index contributed by atoms with van der Waals surface area (Å²) in [5, 5.41) is 9.49. The van der Waals surface area contributed by atoms with Crippen LogP contribution in [0.5, 0.6) is 0 Å². The molecular weight excluding hydrogens is 212 g/mol. The van der Waals surface area contributed by atoms with Crippen LogP contribution in [0.1, 0.15) is 77.6 Å². The lowest BCUT2D eigenvalue weighted by molar-refractivity contribution is -0.0836. The maximum absolute atomic E-state index is 9.49. The van der Waals surface area contributed by atoms with Gasteiger partial charge in [0.1, 0.15) is 0 Å². The summed E-state index contributed by atoms with van der Waals surface area (Å²) >= 11 is 0. The van der Waals surface area contributed by atoms with Crippen LogP contribution in [0.15, 0.2) is 0 Å². The third kappa shape index (κ3) is 7.05. The summed E-state index contributed by atoms with van der Waals surface area (Å²) in [6.07, 6.45) is 14.1. The average molecular weight is 242 g/mol. The van der Waals surface area contributed by atoms with Gasteiger partial charge in [0.25, 0.3) is 0 Å². The number of aliphatic hydroxyl groups is 1. The van der Waals surface area contributed by atoms with Gasteiger partial charge in [0.05, 0.1) is 6.61 Å². The molecule has 0 saturated carbocycles. The summed E-state index contributed by atoms with van der Waals surface area (Å²) < 4.78 is 5.15. The summed E-state index contributed by atoms with van der Waals surface area (Å²) in [6.45, 7) is 3.02. The minimum absolute atomic E-state index is 0.416. The number of aliphatic hydroxyl groups excluding tert-OH is 1. The van der Waals surface area contributed by atoms with Crippen molar-refractivity contribution in [1.29, 1.82) is 0 Å². The molecule has 0 aromatic rings. The standard InChI is InChI=1S/C15H30O2/c1-2-3-4-5-6-7-8-9-10-11-14-12-13-17-15(14)16/h14-16H,2-13H2,1H3. The Hall–Kier alpha value is -0.0800. The van der Waals surface area contributed by atoms with Crippen LogP contribution in [0.3, 0.4) is 0 Å². The van der Waals surface area contributed by atoms with E-state index in [2.05, 4.69) is 6.92 Å². The fourth-order valence-corrected chi connectivity index (χ4v) is 2.62. The molecule has 1 rings (SSSR count). The largest absolute Gasteiger partial charge is 0.368 e. The highest BCUT2D eigenvalue weighted by Gasteiger charge is 2.24. The molecular formula is C15H30O2. The second-order valence-electron chi connectivity index (χ2n) is 5.43. The zero-order valence-electron chi connectivity index (χ0n) is 11.5. The van der Waals surface area contributed by atoms with Gasteiger partial charge in [-0.05, 0) is 12.8 Å². The van der Waals surface area contributed by atoms with Crippen LogP contribution in [-0.2, 0) is 4.74 Å². The number of unbranched alkanes of at least 4 members (excludes halogenated alkanes) is 8. The molecule has 0 aromatic carbocycles. The predicted octanol–water partition coefficient (Wildman–Crippen LogP) is 4.26. The first-order valence-corrected chi connectivity index (χ1v) is 7.64. The van der Waals surface area contributed by atoms with E-state index in [1.54, 1.807) is 0 Å². The van der Waals surface area contributed by atoms with E-state index in [9.17, 15) is 5.11 Å². The topological polar surface area (TPSA) is 29.5 Å². The van der Waals surface area contributed by atoms with Crippen molar-refractivity contribution in [1.82, 2.24) is 0 Å². The SMILES string of the molecule is CCCCCCCCCCCC1CCOC1O. The van der Waals surface area contributed by atoms with Gasteiger partial charge in [0, 0.05) is 5.92 Å². The second kappa shape index (κ2) is 9.90. The van der Waals surface area contributed by atoms with Crippen molar-refractivity contribution in [2.24, 2.45) is 5.92 Å². The van der Waals surface area contributed by atoms with Crippen molar-refractivity contribution in [2.75, 3.05) is 6.61 Å². The Balaban J connectivity index is 1.78. The highest BCUT2D eigenvalue weighted by Crippen LogP contribution is 2.24. The average Bonchev–Trinajstić information content (AvgIpc) is 2.73. The Morgan fingerprint density at radius 1 is 0.941 bits per heavy atom. The Labute approximate surface area is 107 Å². The molecule has 1 aliphatic rings. The highest BCUT2D eigenvalue weighted by atomic mass is 16.6. The monoisotopic (exact) mass is 242 g/mol. The summed E-state index contributed by atoms with van der Waals surface area (Å²) in [4.78, 5) is 0. The van der Waals surface area contributed by atoms with Gasteiger partial charge in [-0.15, -0.1) is 0 Å². The van der Waals surface area contributed by atoms with E-state index in [1.165, 1.54) is 57.8 Å². The molecule has 2 unspecified atom stereocenters. The zero-order valence-corrected chi connectivity index (χ0v) is 11.5. The molecule has 17 heavy (non-hydrogen) atoms. The maximum Gasteiger partial charge on any atom is 0.157 e. The molecule has 0 aliphatic carbocycles. The van der Waals surface area contributed by atoms with Gasteiger partial charge in [-0.25, -0.2) is 0 Å². The van der Waals surface area contributed by atoms with Crippen LogP contribution >= 0.6 is 0 Å².